The maximum Gasteiger partial charge on any atom is 0.163 e. The van der Waals surface area contributed by atoms with Crippen molar-refractivity contribution in [3.8, 4) is 5.69 Å². The zero-order valence-corrected chi connectivity index (χ0v) is 12.4. The summed E-state index contributed by atoms with van der Waals surface area (Å²) in [7, 11) is 1.82. The number of alkyl halides is 1. The highest BCUT2D eigenvalue weighted by Crippen LogP contribution is 2.29. The topological polar surface area (TPSA) is 35.6 Å². The minimum Gasteiger partial charge on any atom is -0.278 e. The van der Waals surface area contributed by atoms with Gasteiger partial charge in [0, 0.05) is 7.05 Å². The van der Waals surface area contributed by atoms with E-state index in [1.165, 1.54) is 12.1 Å². The van der Waals surface area contributed by atoms with E-state index in [0.717, 1.165) is 16.9 Å². The fourth-order valence-corrected chi connectivity index (χ4v) is 2.75. The Morgan fingerprint density at radius 1 is 1.35 bits per heavy atom. The molecule has 0 saturated carbocycles. The Morgan fingerprint density at radius 2 is 2.10 bits per heavy atom. The molecule has 0 aliphatic heterocycles. The summed E-state index contributed by atoms with van der Waals surface area (Å²) in [5.74, 6) is 0.483. The summed E-state index contributed by atoms with van der Waals surface area (Å²) in [5.41, 5.74) is 3.00. The molecule has 0 radical (unpaired) electrons. The molecule has 2 aromatic heterocycles. The van der Waals surface area contributed by atoms with Gasteiger partial charge in [0.1, 0.15) is 17.2 Å². The number of halogens is 3. The minimum atomic E-state index is -0.385. The summed E-state index contributed by atoms with van der Waals surface area (Å²) >= 11 is 12.1. The monoisotopic (exact) mass is 312 g/mol. The van der Waals surface area contributed by atoms with Gasteiger partial charge in [0.15, 0.2) is 5.65 Å². The first-order chi connectivity index (χ1) is 9.52. The second-order valence-electron chi connectivity index (χ2n) is 4.47. The molecule has 2 heterocycles. The van der Waals surface area contributed by atoms with Crippen molar-refractivity contribution in [2.75, 3.05) is 0 Å². The third-order valence-corrected chi connectivity index (χ3v) is 3.68. The van der Waals surface area contributed by atoms with Crippen LogP contribution in [0.4, 0.5) is 4.39 Å². The van der Waals surface area contributed by atoms with Crippen LogP contribution >= 0.6 is 23.2 Å². The number of benzene rings is 1. The number of aromatic nitrogens is 4. The first-order valence-corrected chi connectivity index (χ1v) is 6.86. The van der Waals surface area contributed by atoms with Gasteiger partial charge in [-0.1, -0.05) is 11.6 Å². The average Bonchev–Trinajstić information content (AvgIpc) is 2.89. The summed E-state index contributed by atoms with van der Waals surface area (Å²) in [6.45, 7) is 1.88. The maximum absolute atomic E-state index is 13.2. The van der Waals surface area contributed by atoms with Gasteiger partial charge >= 0.3 is 0 Å². The van der Waals surface area contributed by atoms with E-state index in [2.05, 4.69) is 10.1 Å². The van der Waals surface area contributed by atoms with E-state index in [4.69, 9.17) is 23.2 Å². The molecule has 0 fully saturated rings. The molecule has 3 rings (SSSR count). The zero-order chi connectivity index (χ0) is 14.4. The zero-order valence-electron chi connectivity index (χ0n) is 10.9. The fraction of sp³-hybridized carbons (Fsp3) is 0.231. The van der Waals surface area contributed by atoms with Crippen LogP contribution in [0.2, 0.25) is 5.02 Å². The van der Waals surface area contributed by atoms with Crippen LogP contribution in [0, 0.1) is 12.7 Å². The molecule has 7 heteroatoms. The van der Waals surface area contributed by atoms with Gasteiger partial charge in [-0.3, -0.25) is 4.57 Å². The molecule has 0 N–H and O–H groups in total. The Morgan fingerprint density at radius 3 is 2.75 bits per heavy atom. The van der Waals surface area contributed by atoms with Crippen molar-refractivity contribution < 1.29 is 4.39 Å². The number of imidazole rings is 1. The summed E-state index contributed by atoms with van der Waals surface area (Å²) in [4.78, 5) is 4.49. The van der Waals surface area contributed by atoms with E-state index in [1.54, 1.807) is 10.7 Å². The van der Waals surface area contributed by atoms with E-state index in [9.17, 15) is 4.39 Å². The molecule has 20 heavy (non-hydrogen) atoms. The molecule has 1 aromatic carbocycles. The number of nitrogens with zero attached hydrogens (tertiary/aromatic N) is 4. The largest absolute Gasteiger partial charge is 0.278 e. The first kappa shape index (κ1) is 13.4. The van der Waals surface area contributed by atoms with E-state index in [-0.39, 0.29) is 11.7 Å². The van der Waals surface area contributed by atoms with Gasteiger partial charge in [-0.25, -0.2) is 14.1 Å². The normalized spacial score (nSPS) is 11.4. The van der Waals surface area contributed by atoms with Crippen molar-refractivity contribution in [3.05, 3.63) is 40.6 Å². The van der Waals surface area contributed by atoms with Crippen LogP contribution in [-0.2, 0) is 12.9 Å². The second-order valence-corrected chi connectivity index (χ2v) is 5.15. The van der Waals surface area contributed by atoms with Gasteiger partial charge in [-0.15, -0.1) is 11.6 Å². The van der Waals surface area contributed by atoms with E-state index in [1.807, 2.05) is 18.5 Å². The first-order valence-electron chi connectivity index (χ1n) is 5.95. The Balaban J connectivity index is 2.39. The molecule has 104 valence electrons. The summed E-state index contributed by atoms with van der Waals surface area (Å²) in [6, 6.07) is 4.23. The molecular formula is C13H11Cl2FN4. The molecule has 0 bridgehead atoms. The fourth-order valence-electron chi connectivity index (χ4n) is 2.32. The van der Waals surface area contributed by atoms with Gasteiger partial charge in [0.05, 0.1) is 22.3 Å². The molecule has 0 saturated heterocycles. The van der Waals surface area contributed by atoms with Crippen LogP contribution in [0.15, 0.2) is 18.2 Å². The molecule has 3 aromatic rings. The second kappa shape index (κ2) is 4.75. The van der Waals surface area contributed by atoms with Crippen molar-refractivity contribution in [1.29, 1.82) is 0 Å². The molecule has 0 amide bonds. The quantitative estimate of drug-likeness (QED) is 0.678. The molecule has 0 atom stereocenters. The number of hydrogen-bond acceptors (Lipinski definition) is 2. The van der Waals surface area contributed by atoms with Crippen LogP contribution in [0.3, 0.4) is 0 Å². The van der Waals surface area contributed by atoms with Crippen molar-refractivity contribution in [3.63, 3.8) is 0 Å². The minimum absolute atomic E-state index is 0.224. The Hall–Kier alpha value is -1.59. The lowest BCUT2D eigenvalue weighted by molar-refractivity contribution is 0.627. The van der Waals surface area contributed by atoms with Crippen molar-refractivity contribution in [1.82, 2.24) is 19.3 Å². The van der Waals surface area contributed by atoms with Crippen molar-refractivity contribution >= 4 is 34.4 Å². The smallest absolute Gasteiger partial charge is 0.163 e. The Bertz CT molecular complexity index is 806. The van der Waals surface area contributed by atoms with Gasteiger partial charge < -0.3 is 0 Å². The Labute approximate surface area is 124 Å². The molecule has 0 spiro atoms. The van der Waals surface area contributed by atoms with Crippen molar-refractivity contribution in [2.45, 2.75) is 12.8 Å². The number of rotatable bonds is 2. The number of fused-ring (bicyclic) bond motifs is 1. The predicted octanol–water partition coefficient (Wildman–Crippen LogP) is 3.60. The summed E-state index contributed by atoms with van der Waals surface area (Å²) < 4.78 is 16.7. The summed E-state index contributed by atoms with van der Waals surface area (Å²) in [5, 5.41) is 4.63. The predicted molar refractivity (Wildman–Crippen MR) is 77.1 cm³/mol. The summed E-state index contributed by atoms with van der Waals surface area (Å²) in [6.07, 6.45) is 0. The maximum atomic E-state index is 13.2. The highest BCUT2D eigenvalue weighted by atomic mass is 35.5. The molecule has 0 aliphatic carbocycles. The molecular weight excluding hydrogens is 302 g/mol. The van der Waals surface area contributed by atoms with Crippen molar-refractivity contribution in [2.24, 2.45) is 7.05 Å². The van der Waals surface area contributed by atoms with Crippen LogP contribution in [-0.4, -0.2) is 19.3 Å². The highest BCUT2D eigenvalue weighted by molar-refractivity contribution is 6.32. The van der Waals surface area contributed by atoms with Crippen LogP contribution in [0.25, 0.3) is 16.9 Å². The molecule has 0 unspecified atom stereocenters. The van der Waals surface area contributed by atoms with Crippen LogP contribution < -0.4 is 0 Å². The van der Waals surface area contributed by atoms with Gasteiger partial charge in [-0.2, -0.15) is 5.10 Å². The van der Waals surface area contributed by atoms with E-state index in [0.29, 0.717) is 16.5 Å². The lowest BCUT2D eigenvalue weighted by Gasteiger charge is -2.10. The average molecular weight is 313 g/mol. The van der Waals surface area contributed by atoms with Gasteiger partial charge in [0.25, 0.3) is 0 Å². The number of hydrogen-bond donors (Lipinski definition) is 0. The van der Waals surface area contributed by atoms with E-state index >= 15 is 0 Å². The third kappa shape index (κ3) is 1.89. The van der Waals surface area contributed by atoms with Crippen LogP contribution in [0.5, 0.6) is 0 Å². The van der Waals surface area contributed by atoms with Gasteiger partial charge in [0.2, 0.25) is 0 Å². The van der Waals surface area contributed by atoms with Crippen LogP contribution in [0.1, 0.15) is 11.5 Å². The molecule has 4 nitrogen and oxygen atoms in total. The Kier molecular flexibility index (Phi) is 3.18. The standard InChI is InChI=1S/C13H11Cl2FN4/c1-7-12-13(19(2)18-7)20(11(6-14)17-12)10-4-3-8(16)5-9(10)15/h3-5H,6H2,1-2H3. The lowest BCUT2D eigenvalue weighted by atomic mass is 10.3. The highest BCUT2D eigenvalue weighted by Gasteiger charge is 2.19. The molecule has 0 aliphatic rings. The lowest BCUT2D eigenvalue weighted by Crippen LogP contribution is -2.05. The SMILES string of the molecule is Cc1nn(C)c2c1nc(CCl)n2-c1ccc(F)cc1Cl. The van der Waals surface area contributed by atoms with Gasteiger partial charge in [-0.05, 0) is 25.1 Å². The van der Waals surface area contributed by atoms with E-state index < -0.39 is 0 Å². The number of aryl methyl sites for hydroxylation is 2. The third-order valence-electron chi connectivity index (χ3n) is 3.14.